The van der Waals surface area contributed by atoms with Crippen LogP contribution >= 0.6 is 11.8 Å². The Labute approximate surface area is 122 Å². The molecule has 1 aliphatic heterocycles. The molecule has 1 aromatic rings. The second-order valence-corrected chi connectivity index (χ2v) is 6.76. The van der Waals surface area contributed by atoms with E-state index >= 15 is 0 Å². The quantitative estimate of drug-likeness (QED) is 0.890. The minimum atomic E-state index is 0.518. The van der Waals surface area contributed by atoms with Crippen molar-refractivity contribution >= 4 is 11.8 Å². The topological polar surface area (TPSA) is 15.3 Å². The van der Waals surface area contributed by atoms with Gasteiger partial charge in [-0.2, -0.15) is 11.8 Å². The zero-order valence-electron chi connectivity index (χ0n) is 12.3. The van der Waals surface area contributed by atoms with Crippen molar-refractivity contribution in [2.75, 3.05) is 24.6 Å². The van der Waals surface area contributed by atoms with Crippen molar-refractivity contribution in [3.8, 4) is 0 Å². The number of piperazine rings is 1. The van der Waals surface area contributed by atoms with Gasteiger partial charge in [-0.1, -0.05) is 37.3 Å². The number of nitrogens with zero attached hydrogens (tertiary/aromatic N) is 1. The Kier molecular flexibility index (Phi) is 5.74. The van der Waals surface area contributed by atoms with Gasteiger partial charge < -0.3 is 5.32 Å². The molecule has 3 unspecified atom stereocenters. The van der Waals surface area contributed by atoms with E-state index < -0.39 is 0 Å². The summed E-state index contributed by atoms with van der Waals surface area (Å²) in [5.74, 6) is 2.44. The van der Waals surface area contributed by atoms with Gasteiger partial charge in [-0.3, -0.25) is 4.90 Å². The molecule has 1 heterocycles. The van der Waals surface area contributed by atoms with Crippen molar-refractivity contribution in [2.45, 2.75) is 38.9 Å². The van der Waals surface area contributed by atoms with Gasteiger partial charge in [-0.05, 0) is 25.2 Å². The molecule has 0 amide bonds. The zero-order chi connectivity index (χ0) is 13.7. The molecule has 3 heteroatoms. The van der Waals surface area contributed by atoms with Gasteiger partial charge in [0.15, 0.2) is 0 Å². The molecule has 0 spiro atoms. The van der Waals surface area contributed by atoms with Crippen LogP contribution in [0.1, 0.15) is 32.4 Å². The van der Waals surface area contributed by atoms with Crippen LogP contribution in [-0.4, -0.2) is 41.6 Å². The van der Waals surface area contributed by atoms with Crippen LogP contribution in [0, 0.1) is 0 Å². The highest BCUT2D eigenvalue weighted by atomic mass is 32.2. The molecule has 19 heavy (non-hydrogen) atoms. The normalized spacial score (nSPS) is 26.3. The van der Waals surface area contributed by atoms with Crippen molar-refractivity contribution in [2.24, 2.45) is 0 Å². The minimum Gasteiger partial charge on any atom is -0.311 e. The molecule has 2 rings (SSSR count). The highest BCUT2D eigenvalue weighted by Crippen LogP contribution is 2.26. The summed E-state index contributed by atoms with van der Waals surface area (Å²) in [6.07, 6.45) is 0. The number of benzene rings is 1. The predicted molar refractivity (Wildman–Crippen MR) is 85.8 cm³/mol. The van der Waals surface area contributed by atoms with Crippen molar-refractivity contribution in [3.63, 3.8) is 0 Å². The maximum Gasteiger partial charge on any atom is 0.0476 e. The van der Waals surface area contributed by atoms with E-state index in [1.165, 1.54) is 17.1 Å². The third-order valence-corrected chi connectivity index (χ3v) is 4.98. The van der Waals surface area contributed by atoms with E-state index in [1.807, 2.05) is 11.8 Å². The molecular formula is C16H26N2S. The fourth-order valence-corrected chi connectivity index (χ4v) is 3.56. The molecule has 1 aliphatic rings. The summed E-state index contributed by atoms with van der Waals surface area (Å²) in [4.78, 5) is 2.68. The first-order valence-electron chi connectivity index (χ1n) is 7.34. The Morgan fingerprint density at radius 1 is 1.37 bits per heavy atom. The van der Waals surface area contributed by atoms with Crippen molar-refractivity contribution < 1.29 is 0 Å². The second kappa shape index (κ2) is 7.32. The first-order valence-corrected chi connectivity index (χ1v) is 8.49. The SMILES string of the molecule is CCSCC(C)N1CC(C)NCC1c1ccccc1. The third kappa shape index (κ3) is 3.98. The molecule has 106 valence electrons. The van der Waals surface area contributed by atoms with Gasteiger partial charge >= 0.3 is 0 Å². The number of hydrogen-bond acceptors (Lipinski definition) is 3. The average molecular weight is 278 g/mol. The number of nitrogens with one attached hydrogen (secondary N) is 1. The molecular weight excluding hydrogens is 252 g/mol. The fraction of sp³-hybridized carbons (Fsp3) is 0.625. The lowest BCUT2D eigenvalue weighted by molar-refractivity contribution is 0.103. The maximum absolute atomic E-state index is 3.62. The predicted octanol–water partition coefficient (Wildman–Crippen LogP) is 3.16. The average Bonchev–Trinajstić information content (AvgIpc) is 2.45. The summed E-state index contributed by atoms with van der Waals surface area (Å²) >= 11 is 2.05. The largest absolute Gasteiger partial charge is 0.311 e. The number of hydrogen-bond donors (Lipinski definition) is 1. The fourth-order valence-electron chi connectivity index (χ4n) is 2.79. The lowest BCUT2D eigenvalue weighted by Crippen LogP contribution is -2.54. The molecule has 0 bridgehead atoms. The summed E-state index contributed by atoms with van der Waals surface area (Å²) in [6.45, 7) is 9.11. The van der Waals surface area contributed by atoms with E-state index in [-0.39, 0.29) is 0 Å². The highest BCUT2D eigenvalue weighted by molar-refractivity contribution is 7.99. The van der Waals surface area contributed by atoms with Gasteiger partial charge in [0.05, 0.1) is 0 Å². The van der Waals surface area contributed by atoms with Crippen LogP contribution in [0.3, 0.4) is 0 Å². The monoisotopic (exact) mass is 278 g/mol. The van der Waals surface area contributed by atoms with Crippen molar-refractivity contribution in [1.29, 1.82) is 0 Å². The van der Waals surface area contributed by atoms with Gasteiger partial charge in [-0.15, -0.1) is 0 Å². The van der Waals surface area contributed by atoms with Crippen LogP contribution in [0.5, 0.6) is 0 Å². The molecule has 0 radical (unpaired) electrons. The van der Waals surface area contributed by atoms with Gasteiger partial charge in [0.1, 0.15) is 0 Å². The molecule has 1 saturated heterocycles. The van der Waals surface area contributed by atoms with Crippen LogP contribution < -0.4 is 5.32 Å². The van der Waals surface area contributed by atoms with E-state index in [0.29, 0.717) is 18.1 Å². The van der Waals surface area contributed by atoms with Crippen LogP contribution in [0.4, 0.5) is 0 Å². The Bertz CT molecular complexity index is 368. The summed E-state index contributed by atoms with van der Waals surface area (Å²) in [5.41, 5.74) is 1.44. The molecule has 1 N–H and O–H groups in total. The summed E-state index contributed by atoms with van der Waals surface area (Å²) in [5, 5.41) is 3.62. The zero-order valence-corrected chi connectivity index (χ0v) is 13.1. The Morgan fingerprint density at radius 2 is 2.11 bits per heavy atom. The molecule has 0 aromatic heterocycles. The van der Waals surface area contributed by atoms with E-state index in [9.17, 15) is 0 Å². The Balaban J connectivity index is 2.10. The Hall–Kier alpha value is -0.510. The van der Waals surface area contributed by atoms with Gasteiger partial charge in [-0.25, -0.2) is 0 Å². The van der Waals surface area contributed by atoms with Crippen molar-refractivity contribution in [1.82, 2.24) is 10.2 Å². The first kappa shape index (κ1) is 14.9. The molecule has 0 saturated carbocycles. The summed E-state index contributed by atoms with van der Waals surface area (Å²) < 4.78 is 0. The van der Waals surface area contributed by atoms with Crippen LogP contribution in [0.15, 0.2) is 30.3 Å². The van der Waals surface area contributed by atoms with E-state index in [4.69, 9.17) is 0 Å². The van der Waals surface area contributed by atoms with Crippen molar-refractivity contribution in [3.05, 3.63) is 35.9 Å². The standard InChI is InChI=1S/C16H26N2S/c1-4-19-12-14(3)18-11-13(2)17-10-16(18)15-8-6-5-7-9-15/h5-9,13-14,16-17H,4,10-12H2,1-3H3. The molecule has 3 atom stereocenters. The van der Waals surface area contributed by atoms with Gasteiger partial charge in [0.25, 0.3) is 0 Å². The highest BCUT2D eigenvalue weighted by Gasteiger charge is 2.30. The minimum absolute atomic E-state index is 0.518. The van der Waals surface area contributed by atoms with E-state index in [0.717, 1.165) is 13.1 Å². The van der Waals surface area contributed by atoms with Crippen LogP contribution in [0.2, 0.25) is 0 Å². The van der Waals surface area contributed by atoms with E-state index in [2.05, 4.69) is 61.3 Å². The second-order valence-electron chi connectivity index (χ2n) is 5.44. The molecule has 0 aliphatic carbocycles. The number of thioether (sulfide) groups is 1. The first-order chi connectivity index (χ1) is 9.22. The molecule has 1 aromatic carbocycles. The summed E-state index contributed by atoms with van der Waals surface area (Å²) in [7, 11) is 0. The van der Waals surface area contributed by atoms with Crippen LogP contribution in [0.25, 0.3) is 0 Å². The third-order valence-electron chi connectivity index (χ3n) is 3.86. The summed E-state index contributed by atoms with van der Waals surface area (Å²) in [6, 6.07) is 12.7. The van der Waals surface area contributed by atoms with Gasteiger partial charge in [0, 0.05) is 37.0 Å². The Morgan fingerprint density at radius 3 is 2.79 bits per heavy atom. The van der Waals surface area contributed by atoms with E-state index in [1.54, 1.807) is 0 Å². The number of rotatable bonds is 5. The smallest absolute Gasteiger partial charge is 0.0476 e. The lowest BCUT2D eigenvalue weighted by atomic mass is 10.00. The maximum atomic E-state index is 3.62. The molecule has 2 nitrogen and oxygen atoms in total. The van der Waals surface area contributed by atoms with Crippen LogP contribution in [-0.2, 0) is 0 Å². The lowest BCUT2D eigenvalue weighted by Gasteiger charge is -2.43. The molecule has 1 fully saturated rings. The van der Waals surface area contributed by atoms with Gasteiger partial charge in [0.2, 0.25) is 0 Å².